The first-order valence-electron chi connectivity index (χ1n) is 12.0. The zero-order valence-corrected chi connectivity index (χ0v) is 20.9. The highest BCUT2D eigenvalue weighted by molar-refractivity contribution is 7.91. The number of aliphatic hydroxyl groups excluding tert-OH is 1. The summed E-state index contributed by atoms with van der Waals surface area (Å²) in [5, 5.41) is 18.2. The smallest absolute Gasteiger partial charge is 0.248 e. The van der Waals surface area contributed by atoms with E-state index < -0.39 is 16.4 Å². The van der Waals surface area contributed by atoms with Gasteiger partial charge in [-0.05, 0) is 37.8 Å². The Bertz CT molecular complexity index is 1600. The number of nitrogens with two attached hydrogens (primary N) is 1. The van der Waals surface area contributed by atoms with Crippen LogP contribution in [-0.4, -0.2) is 78.6 Å². The van der Waals surface area contributed by atoms with Gasteiger partial charge in [-0.1, -0.05) is 6.07 Å². The van der Waals surface area contributed by atoms with Gasteiger partial charge in [-0.2, -0.15) is 14.7 Å². The quantitative estimate of drug-likeness (QED) is 0.392. The maximum atomic E-state index is 12.9. The topological polar surface area (TPSA) is 162 Å². The summed E-state index contributed by atoms with van der Waals surface area (Å²) >= 11 is 0. The van der Waals surface area contributed by atoms with E-state index in [0.717, 1.165) is 24.7 Å². The molecule has 6 heterocycles. The molecule has 1 unspecified atom stereocenters. The Morgan fingerprint density at radius 2 is 1.92 bits per heavy atom. The van der Waals surface area contributed by atoms with Crippen molar-refractivity contribution in [3.05, 3.63) is 48.7 Å². The number of nitrogens with zero attached hydrogens (tertiary/aromatic N) is 7. The van der Waals surface area contributed by atoms with Crippen molar-refractivity contribution in [3.63, 3.8) is 0 Å². The Hall–Kier alpha value is -3.84. The molecule has 6 rings (SSSR count). The van der Waals surface area contributed by atoms with Gasteiger partial charge in [0.1, 0.15) is 17.3 Å². The molecule has 192 valence electrons. The number of carbonyl (C=O) groups is 1. The lowest BCUT2D eigenvalue weighted by Gasteiger charge is -2.39. The third-order valence-corrected chi connectivity index (χ3v) is 8.51. The average Bonchev–Trinajstić information content (AvgIpc) is 3.59. The van der Waals surface area contributed by atoms with Crippen molar-refractivity contribution < 1.29 is 18.3 Å². The molecule has 2 bridgehead atoms. The molecule has 4 aromatic heterocycles. The Kier molecular flexibility index (Phi) is 5.49. The van der Waals surface area contributed by atoms with E-state index in [1.165, 1.54) is 4.52 Å². The number of aromatic nitrogens is 6. The van der Waals surface area contributed by atoms with E-state index in [4.69, 9.17) is 10.7 Å². The summed E-state index contributed by atoms with van der Waals surface area (Å²) in [6, 6.07) is 5.38. The van der Waals surface area contributed by atoms with E-state index in [0.29, 0.717) is 35.6 Å². The monoisotopic (exact) mass is 522 g/mol. The van der Waals surface area contributed by atoms with Gasteiger partial charge in [-0.25, -0.2) is 23.1 Å². The minimum Gasteiger partial charge on any atom is -0.387 e. The van der Waals surface area contributed by atoms with E-state index >= 15 is 0 Å². The van der Waals surface area contributed by atoms with Crippen molar-refractivity contribution in [2.24, 2.45) is 0 Å². The largest absolute Gasteiger partial charge is 0.387 e. The average molecular weight is 523 g/mol. The SMILES string of the molecule is CS(=O)(=O)c1c(C2C[C@H]3CC[C@@H](C2)N3C(=O)CO)nc2c(-c3cnn(-c4ccccn4)c3)cnn2c1N. The van der Waals surface area contributed by atoms with Gasteiger partial charge in [-0.15, -0.1) is 0 Å². The molecule has 2 fully saturated rings. The Balaban J connectivity index is 1.46. The van der Waals surface area contributed by atoms with Gasteiger partial charge in [0.05, 0.1) is 18.1 Å². The fourth-order valence-electron chi connectivity index (χ4n) is 5.84. The summed E-state index contributed by atoms with van der Waals surface area (Å²) in [6.45, 7) is -0.533. The van der Waals surface area contributed by atoms with Crippen LogP contribution in [0, 0.1) is 0 Å². The standard InChI is InChI=1S/C24H26N8O4S/c1-37(35,36)22-21(14-8-16-5-6-17(9-14)31(16)20(34)13-33)29-24-18(11-28-32(24)23(22)25)15-10-27-30(12-15)19-4-2-3-7-26-19/h2-4,7,10-12,14,16-17,33H,5-6,8-9,13,25H2,1H3/t14?,16-,17+. The van der Waals surface area contributed by atoms with Crippen molar-refractivity contribution in [2.75, 3.05) is 18.6 Å². The second-order valence-electron chi connectivity index (χ2n) is 9.65. The number of rotatable bonds is 5. The second kappa shape index (κ2) is 8.63. The van der Waals surface area contributed by atoms with Crippen LogP contribution in [-0.2, 0) is 14.6 Å². The van der Waals surface area contributed by atoms with Gasteiger partial charge in [0.25, 0.3) is 0 Å². The molecule has 4 aromatic rings. The lowest BCUT2D eigenvalue weighted by molar-refractivity contribution is -0.138. The van der Waals surface area contributed by atoms with Crippen LogP contribution in [0.1, 0.15) is 37.3 Å². The van der Waals surface area contributed by atoms with Crippen molar-refractivity contribution in [3.8, 4) is 16.9 Å². The zero-order valence-electron chi connectivity index (χ0n) is 20.1. The van der Waals surface area contributed by atoms with Gasteiger partial charge in [0.15, 0.2) is 21.3 Å². The normalized spacial score (nSPS) is 21.6. The van der Waals surface area contributed by atoms with E-state index in [1.54, 1.807) is 34.4 Å². The van der Waals surface area contributed by atoms with Crippen LogP contribution in [0.5, 0.6) is 0 Å². The molecule has 37 heavy (non-hydrogen) atoms. The van der Waals surface area contributed by atoms with Crippen LogP contribution < -0.4 is 5.73 Å². The van der Waals surface area contributed by atoms with Crippen LogP contribution in [0.3, 0.4) is 0 Å². The van der Waals surface area contributed by atoms with Gasteiger partial charge < -0.3 is 15.7 Å². The van der Waals surface area contributed by atoms with Crippen LogP contribution in [0.25, 0.3) is 22.6 Å². The fourth-order valence-corrected chi connectivity index (χ4v) is 6.90. The number of fused-ring (bicyclic) bond motifs is 3. The Labute approximate surface area is 212 Å². The predicted molar refractivity (Wildman–Crippen MR) is 134 cm³/mol. The fraction of sp³-hybridized carbons (Fsp3) is 0.375. The molecular formula is C24H26N8O4S. The minimum atomic E-state index is -3.73. The number of piperidine rings is 1. The van der Waals surface area contributed by atoms with Crippen LogP contribution in [0.15, 0.2) is 47.9 Å². The number of carbonyl (C=O) groups excluding carboxylic acids is 1. The molecule has 0 aromatic carbocycles. The molecule has 2 aliphatic heterocycles. The van der Waals surface area contributed by atoms with Gasteiger partial charge in [0, 0.05) is 47.8 Å². The van der Waals surface area contributed by atoms with Crippen LogP contribution >= 0.6 is 0 Å². The molecule has 12 nitrogen and oxygen atoms in total. The van der Waals surface area contributed by atoms with Crippen molar-refractivity contribution in [1.82, 2.24) is 34.3 Å². The van der Waals surface area contributed by atoms with E-state index in [1.807, 2.05) is 18.2 Å². The number of nitrogen functional groups attached to an aromatic ring is 1. The number of aliphatic hydroxyl groups is 1. The number of sulfone groups is 1. The van der Waals surface area contributed by atoms with Gasteiger partial charge in [0.2, 0.25) is 5.91 Å². The number of amides is 1. The molecule has 0 aliphatic carbocycles. The molecule has 0 radical (unpaired) electrons. The lowest BCUT2D eigenvalue weighted by Crippen LogP contribution is -2.47. The lowest BCUT2D eigenvalue weighted by atomic mass is 9.87. The van der Waals surface area contributed by atoms with E-state index in [-0.39, 0.29) is 34.6 Å². The summed E-state index contributed by atoms with van der Waals surface area (Å²) in [5.41, 5.74) is 8.66. The van der Waals surface area contributed by atoms with Crippen LogP contribution in [0.4, 0.5) is 5.82 Å². The maximum Gasteiger partial charge on any atom is 0.248 e. The number of hydrogen-bond acceptors (Lipinski definition) is 9. The van der Waals surface area contributed by atoms with E-state index in [2.05, 4.69) is 15.2 Å². The van der Waals surface area contributed by atoms with E-state index in [9.17, 15) is 18.3 Å². The third-order valence-electron chi connectivity index (χ3n) is 7.36. The second-order valence-corrected chi connectivity index (χ2v) is 11.6. The summed E-state index contributed by atoms with van der Waals surface area (Å²) < 4.78 is 28.8. The molecule has 1 amide bonds. The maximum absolute atomic E-state index is 12.9. The third kappa shape index (κ3) is 3.85. The highest BCUT2D eigenvalue weighted by Crippen LogP contribution is 2.45. The molecule has 2 saturated heterocycles. The van der Waals surface area contributed by atoms with Crippen LogP contribution in [0.2, 0.25) is 0 Å². The number of pyridine rings is 1. The summed E-state index contributed by atoms with van der Waals surface area (Å²) in [7, 11) is -3.73. The number of anilines is 1. The van der Waals surface area contributed by atoms with Gasteiger partial charge in [-0.3, -0.25) is 4.79 Å². The van der Waals surface area contributed by atoms with Gasteiger partial charge >= 0.3 is 0 Å². The van der Waals surface area contributed by atoms with Crippen molar-refractivity contribution in [1.29, 1.82) is 0 Å². The number of hydrogen-bond donors (Lipinski definition) is 2. The molecule has 0 spiro atoms. The van der Waals surface area contributed by atoms with Crippen molar-refractivity contribution >= 4 is 27.2 Å². The molecule has 3 N–H and O–H groups in total. The van der Waals surface area contributed by atoms with Crippen molar-refractivity contribution in [2.45, 2.75) is 48.6 Å². The first-order chi connectivity index (χ1) is 17.8. The predicted octanol–water partition coefficient (Wildman–Crippen LogP) is 1.19. The highest BCUT2D eigenvalue weighted by Gasteiger charge is 2.45. The first-order valence-corrected chi connectivity index (χ1v) is 13.9. The molecule has 0 saturated carbocycles. The highest BCUT2D eigenvalue weighted by atomic mass is 32.2. The Morgan fingerprint density at radius 3 is 2.57 bits per heavy atom. The Morgan fingerprint density at radius 1 is 1.16 bits per heavy atom. The minimum absolute atomic E-state index is 0.00655. The first kappa shape index (κ1) is 23.6. The summed E-state index contributed by atoms with van der Waals surface area (Å²) in [5.74, 6) is 0.154. The molecule has 3 atom stereocenters. The summed E-state index contributed by atoms with van der Waals surface area (Å²) in [6.07, 6.45) is 10.6. The molecular weight excluding hydrogens is 496 g/mol. The summed E-state index contributed by atoms with van der Waals surface area (Å²) in [4.78, 5) is 23.2. The zero-order chi connectivity index (χ0) is 25.9. The molecule has 2 aliphatic rings. The molecule has 13 heteroatoms.